The Kier molecular flexibility index (Phi) is 4.27. The van der Waals surface area contributed by atoms with Crippen molar-refractivity contribution in [2.24, 2.45) is 0 Å². The van der Waals surface area contributed by atoms with E-state index in [9.17, 15) is 8.42 Å². The molecule has 108 valence electrons. The summed E-state index contributed by atoms with van der Waals surface area (Å²) in [7, 11) is -3.52. The summed E-state index contributed by atoms with van der Waals surface area (Å²) in [4.78, 5) is 0.230. The highest BCUT2D eigenvalue weighted by atomic mass is 32.2. The van der Waals surface area contributed by atoms with Crippen LogP contribution in [0.3, 0.4) is 0 Å². The van der Waals surface area contributed by atoms with E-state index in [4.69, 9.17) is 4.52 Å². The van der Waals surface area contributed by atoms with Crippen molar-refractivity contribution in [3.8, 4) is 0 Å². The van der Waals surface area contributed by atoms with Gasteiger partial charge in [-0.15, -0.1) is 0 Å². The van der Waals surface area contributed by atoms with Crippen molar-refractivity contribution in [1.82, 2.24) is 14.8 Å². The number of aryl methyl sites for hydroxylation is 2. The van der Waals surface area contributed by atoms with E-state index in [1.54, 1.807) is 18.2 Å². The molecule has 1 N–H and O–H groups in total. The van der Waals surface area contributed by atoms with Crippen LogP contribution in [0.4, 0.5) is 0 Å². The lowest BCUT2D eigenvalue weighted by Crippen LogP contribution is -2.46. The quantitative estimate of drug-likeness (QED) is 0.896. The molecule has 1 aliphatic rings. The Morgan fingerprint density at radius 1 is 1.37 bits per heavy atom. The zero-order valence-electron chi connectivity index (χ0n) is 11.6. The van der Waals surface area contributed by atoms with Crippen molar-refractivity contribution < 1.29 is 12.9 Å². The molecule has 0 atom stereocenters. The van der Waals surface area contributed by atoms with E-state index in [1.807, 2.05) is 6.92 Å². The van der Waals surface area contributed by atoms with E-state index in [-0.39, 0.29) is 10.9 Å². The molecule has 0 amide bonds. The van der Waals surface area contributed by atoms with E-state index >= 15 is 0 Å². The number of piperidine rings is 1. The summed E-state index contributed by atoms with van der Waals surface area (Å²) in [6.07, 6.45) is 1.69. The molecule has 1 aliphatic heterocycles. The molecule has 0 radical (unpaired) electrons. The van der Waals surface area contributed by atoms with Gasteiger partial charge in [-0.25, -0.2) is 8.42 Å². The molecule has 0 saturated carbocycles. The van der Waals surface area contributed by atoms with Gasteiger partial charge >= 0.3 is 0 Å². The van der Waals surface area contributed by atoms with Crippen LogP contribution in [0.2, 0.25) is 0 Å². The molecule has 6 nitrogen and oxygen atoms in total. The summed E-state index contributed by atoms with van der Waals surface area (Å²) in [6, 6.07) is 0.0601. The number of hydrogen-bond donors (Lipinski definition) is 1. The topological polar surface area (TPSA) is 75.4 Å². The third-order valence-corrected chi connectivity index (χ3v) is 5.83. The Balaban J connectivity index is 2.36. The van der Waals surface area contributed by atoms with E-state index in [0.717, 1.165) is 25.9 Å². The molecule has 2 heterocycles. The first-order valence-electron chi connectivity index (χ1n) is 6.64. The maximum atomic E-state index is 12.8. The summed E-state index contributed by atoms with van der Waals surface area (Å²) in [5, 5.41) is 7.00. The van der Waals surface area contributed by atoms with Gasteiger partial charge in [-0.05, 0) is 39.8 Å². The second-order valence-corrected chi connectivity index (χ2v) is 6.67. The Bertz CT molecular complexity index is 513. The fraction of sp³-hybridized carbons (Fsp3) is 0.750. The van der Waals surface area contributed by atoms with Gasteiger partial charge in [0.25, 0.3) is 0 Å². The van der Waals surface area contributed by atoms with Gasteiger partial charge in [-0.2, -0.15) is 4.31 Å². The highest BCUT2D eigenvalue weighted by Crippen LogP contribution is 2.26. The molecule has 0 spiro atoms. The lowest BCUT2D eigenvalue weighted by Gasteiger charge is -2.32. The molecular formula is C12H21N3O3S. The third-order valence-electron chi connectivity index (χ3n) is 3.56. The number of rotatable bonds is 4. The predicted molar refractivity (Wildman–Crippen MR) is 71.4 cm³/mol. The summed E-state index contributed by atoms with van der Waals surface area (Å²) < 4.78 is 32.1. The lowest BCUT2D eigenvalue weighted by molar-refractivity contribution is 0.270. The lowest BCUT2D eigenvalue weighted by atomic mass is 10.1. The number of nitrogens with one attached hydrogen (secondary N) is 1. The van der Waals surface area contributed by atoms with Crippen LogP contribution >= 0.6 is 0 Å². The Hall–Kier alpha value is -0.920. The van der Waals surface area contributed by atoms with Gasteiger partial charge in [0.05, 0.1) is 0 Å². The largest absolute Gasteiger partial charge is 0.360 e. The average molecular weight is 287 g/mol. The summed E-state index contributed by atoms with van der Waals surface area (Å²) >= 11 is 0. The monoisotopic (exact) mass is 287 g/mol. The highest BCUT2D eigenvalue weighted by Gasteiger charge is 2.35. The molecule has 0 aliphatic carbocycles. The van der Waals surface area contributed by atoms with Crippen LogP contribution in [0, 0.1) is 13.8 Å². The smallest absolute Gasteiger partial charge is 0.248 e. The van der Waals surface area contributed by atoms with Gasteiger partial charge in [0.15, 0.2) is 5.76 Å². The maximum Gasteiger partial charge on any atom is 0.248 e. The number of nitrogens with zero attached hydrogens (tertiary/aromatic N) is 2. The van der Waals surface area contributed by atoms with Crippen molar-refractivity contribution in [2.45, 2.75) is 44.6 Å². The van der Waals surface area contributed by atoms with Gasteiger partial charge in [0.1, 0.15) is 10.6 Å². The summed E-state index contributed by atoms with van der Waals surface area (Å²) in [6.45, 7) is 7.37. The molecule has 1 aromatic heterocycles. The first-order chi connectivity index (χ1) is 8.98. The van der Waals surface area contributed by atoms with Crippen LogP contribution in [-0.4, -0.2) is 43.6 Å². The molecule has 19 heavy (non-hydrogen) atoms. The van der Waals surface area contributed by atoms with Crippen LogP contribution in [0.1, 0.15) is 31.2 Å². The highest BCUT2D eigenvalue weighted by molar-refractivity contribution is 7.89. The fourth-order valence-corrected chi connectivity index (χ4v) is 4.67. The zero-order chi connectivity index (χ0) is 14.0. The fourth-order valence-electron chi connectivity index (χ4n) is 2.68. The van der Waals surface area contributed by atoms with Crippen molar-refractivity contribution in [3.05, 3.63) is 11.5 Å². The standard InChI is InChI=1S/C12H21N3O3S/c1-4-15(11-5-7-13-8-6-11)19(16,17)12-9(2)14-18-10(12)3/h11,13H,4-8H2,1-3H3. The SMILES string of the molecule is CCN(C1CCNCC1)S(=O)(=O)c1c(C)noc1C. The van der Waals surface area contributed by atoms with E-state index in [1.165, 1.54) is 0 Å². The maximum absolute atomic E-state index is 12.8. The second kappa shape index (κ2) is 5.60. The molecule has 0 unspecified atom stereocenters. The number of hydrogen-bond acceptors (Lipinski definition) is 5. The second-order valence-electron chi connectivity index (χ2n) is 4.84. The average Bonchev–Trinajstić information content (AvgIpc) is 2.71. The van der Waals surface area contributed by atoms with Crippen LogP contribution in [0.5, 0.6) is 0 Å². The minimum atomic E-state index is -3.52. The molecular weight excluding hydrogens is 266 g/mol. The molecule has 0 bridgehead atoms. The van der Waals surface area contributed by atoms with Gasteiger partial charge < -0.3 is 9.84 Å². The molecule has 7 heteroatoms. The Labute approximate surface area is 114 Å². The number of aromatic nitrogens is 1. The molecule has 1 aromatic rings. The molecule has 1 fully saturated rings. The minimum absolute atomic E-state index is 0.0601. The molecule has 0 aromatic carbocycles. The predicted octanol–water partition coefficient (Wildman–Crippen LogP) is 1.05. The Morgan fingerprint density at radius 3 is 2.47 bits per heavy atom. The van der Waals surface area contributed by atoms with Crippen molar-refractivity contribution in [2.75, 3.05) is 19.6 Å². The minimum Gasteiger partial charge on any atom is -0.360 e. The van der Waals surface area contributed by atoms with E-state index in [2.05, 4.69) is 10.5 Å². The van der Waals surface area contributed by atoms with Crippen LogP contribution in [0.15, 0.2) is 9.42 Å². The third kappa shape index (κ3) is 2.68. The van der Waals surface area contributed by atoms with Gasteiger partial charge in [-0.3, -0.25) is 0 Å². The summed E-state index contributed by atoms with van der Waals surface area (Å²) in [5.74, 6) is 0.366. The van der Waals surface area contributed by atoms with Crippen molar-refractivity contribution in [3.63, 3.8) is 0 Å². The first kappa shape index (κ1) is 14.5. The van der Waals surface area contributed by atoms with Gasteiger partial charge in [0, 0.05) is 12.6 Å². The van der Waals surface area contributed by atoms with Gasteiger partial charge in [0.2, 0.25) is 10.0 Å². The first-order valence-corrected chi connectivity index (χ1v) is 8.08. The zero-order valence-corrected chi connectivity index (χ0v) is 12.5. The van der Waals surface area contributed by atoms with Crippen LogP contribution < -0.4 is 5.32 Å². The molecule has 2 rings (SSSR count). The van der Waals surface area contributed by atoms with E-state index in [0.29, 0.717) is 18.0 Å². The van der Waals surface area contributed by atoms with Gasteiger partial charge in [-0.1, -0.05) is 12.1 Å². The van der Waals surface area contributed by atoms with Crippen molar-refractivity contribution >= 4 is 10.0 Å². The van der Waals surface area contributed by atoms with Crippen LogP contribution in [0.25, 0.3) is 0 Å². The normalized spacial score (nSPS) is 18.1. The van der Waals surface area contributed by atoms with E-state index < -0.39 is 10.0 Å². The number of sulfonamides is 1. The molecule has 1 saturated heterocycles. The van der Waals surface area contributed by atoms with Crippen molar-refractivity contribution in [1.29, 1.82) is 0 Å². The Morgan fingerprint density at radius 2 is 2.00 bits per heavy atom. The van der Waals surface area contributed by atoms with Crippen LogP contribution in [-0.2, 0) is 10.0 Å². The summed E-state index contributed by atoms with van der Waals surface area (Å²) in [5.41, 5.74) is 0.435.